The summed E-state index contributed by atoms with van der Waals surface area (Å²) in [7, 11) is 0. The van der Waals surface area contributed by atoms with Crippen molar-refractivity contribution in [2.75, 3.05) is 0 Å². The molecular weight excluding hydrogens is 520 g/mol. The van der Waals surface area contributed by atoms with Crippen LogP contribution in [0.4, 0.5) is 0 Å². The fraction of sp³-hybridized carbons (Fsp3) is 0.0244. The predicted molar refractivity (Wildman–Crippen MR) is 183 cm³/mol. The number of benzene rings is 7. The number of amidine groups is 1. The number of nitrogens with one attached hydrogen (secondary N) is 1. The van der Waals surface area contributed by atoms with Crippen molar-refractivity contribution in [1.82, 2.24) is 0 Å². The first kappa shape index (κ1) is 26.3. The van der Waals surface area contributed by atoms with Gasteiger partial charge in [-0.3, -0.25) is 5.41 Å². The normalized spacial score (nSPS) is 11.6. The molecule has 0 saturated carbocycles. The zero-order valence-corrected chi connectivity index (χ0v) is 24.0. The molecule has 0 unspecified atom stereocenters. The molecule has 1 N–H and O–H groups in total. The van der Waals surface area contributed by atoms with Gasteiger partial charge in [0.1, 0.15) is 0 Å². The molecule has 0 radical (unpaired) electrons. The highest BCUT2D eigenvalue weighted by Gasteiger charge is 2.11. The van der Waals surface area contributed by atoms with Gasteiger partial charge in [0, 0.05) is 11.3 Å². The van der Waals surface area contributed by atoms with E-state index in [9.17, 15) is 0 Å². The second-order valence-corrected chi connectivity index (χ2v) is 10.8. The van der Waals surface area contributed by atoms with E-state index in [-0.39, 0.29) is 5.84 Å². The SMILES string of the molecule is C/C(=N\C(=N)c1ccccc1)c1ccc(-c2ccc(-c3ccc(-c4ccc5ccccc5c4)cc3)c3ccccc23)cc1. The fourth-order valence-corrected chi connectivity index (χ4v) is 5.80. The van der Waals surface area contributed by atoms with Gasteiger partial charge in [0.15, 0.2) is 5.84 Å². The number of aliphatic imine (C=N–C) groups is 1. The molecule has 0 atom stereocenters. The van der Waals surface area contributed by atoms with Gasteiger partial charge in [-0.15, -0.1) is 0 Å². The van der Waals surface area contributed by atoms with Gasteiger partial charge in [0.05, 0.1) is 0 Å². The minimum Gasteiger partial charge on any atom is -0.282 e. The lowest BCUT2D eigenvalue weighted by Gasteiger charge is -2.13. The Labute approximate surface area is 252 Å². The predicted octanol–water partition coefficient (Wildman–Crippen LogP) is 10.8. The van der Waals surface area contributed by atoms with Crippen LogP contribution in [0.5, 0.6) is 0 Å². The molecular formula is C41H30N2. The van der Waals surface area contributed by atoms with E-state index in [1.807, 2.05) is 37.3 Å². The van der Waals surface area contributed by atoms with Crippen molar-refractivity contribution in [3.8, 4) is 33.4 Å². The molecule has 43 heavy (non-hydrogen) atoms. The van der Waals surface area contributed by atoms with Gasteiger partial charge in [-0.05, 0) is 73.5 Å². The molecule has 0 aliphatic rings. The molecule has 7 aromatic rings. The van der Waals surface area contributed by atoms with Gasteiger partial charge in [-0.1, -0.05) is 152 Å². The van der Waals surface area contributed by atoms with Gasteiger partial charge in [-0.25, -0.2) is 4.99 Å². The van der Waals surface area contributed by atoms with E-state index in [1.165, 1.54) is 49.4 Å². The van der Waals surface area contributed by atoms with E-state index >= 15 is 0 Å². The lowest BCUT2D eigenvalue weighted by Crippen LogP contribution is -2.02. The second-order valence-electron chi connectivity index (χ2n) is 10.8. The average molecular weight is 551 g/mol. The van der Waals surface area contributed by atoms with Crippen molar-refractivity contribution in [2.45, 2.75) is 6.92 Å². The summed E-state index contributed by atoms with van der Waals surface area (Å²) in [5.41, 5.74) is 9.88. The van der Waals surface area contributed by atoms with Crippen molar-refractivity contribution in [1.29, 1.82) is 5.41 Å². The third-order valence-electron chi connectivity index (χ3n) is 8.14. The maximum atomic E-state index is 8.36. The van der Waals surface area contributed by atoms with E-state index in [1.54, 1.807) is 0 Å². The molecule has 7 rings (SSSR count). The van der Waals surface area contributed by atoms with Gasteiger partial charge in [0.2, 0.25) is 0 Å². The van der Waals surface area contributed by atoms with Gasteiger partial charge < -0.3 is 0 Å². The Morgan fingerprint density at radius 3 is 1.60 bits per heavy atom. The van der Waals surface area contributed by atoms with Crippen molar-refractivity contribution >= 4 is 33.1 Å². The Morgan fingerprint density at radius 1 is 0.442 bits per heavy atom. The summed E-state index contributed by atoms with van der Waals surface area (Å²) in [6.45, 7) is 1.96. The molecule has 0 amide bonds. The average Bonchev–Trinajstić information content (AvgIpc) is 3.08. The maximum absolute atomic E-state index is 8.36. The van der Waals surface area contributed by atoms with Crippen LogP contribution in [-0.2, 0) is 0 Å². The van der Waals surface area contributed by atoms with Crippen LogP contribution in [0.1, 0.15) is 18.1 Å². The third-order valence-corrected chi connectivity index (χ3v) is 8.14. The Hall–Kier alpha value is -5.60. The molecule has 0 aliphatic heterocycles. The minimum atomic E-state index is 0.272. The summed E-state index contributed by atoms with van der Waals surface area (Å²) in [5.74, 6) is 0.272. The van der Waals surface area contributed by atoms with Crippen molar-refractivity contribution in [3.63, 3.8) is 0 Å². The summed E-state index contributed by atoms with van der Waals surface area (Å²) in [4.78, 5) is 4.55. The van der Waals surface area contributed by atoms with E-state index in [0.717, 1.165) is 22.4 Å². The maximum Gasteiger partial charge on any atom is 0.152 e. The molecule has 0 fully saturated rings. The van der Waals surface area contributed by atoms with E-state index in [4.69, 9.17) is 5.41 Å². The topological polar surface area (TPSA) is 36.2 Å². The van der Waals surface area contributed by atoms with Gasteiger partial charge in [-0.2, -0.15) is 0 Å². The number of nitrogens with zero attached hydrogens (tertiary/aromatic N) is 1. The molecule has 2 heteroatoms. The standard InChI is InChI=1S/C41H30N2/c1-28(43-41(42)34-10-3-2-4-11-34)29-15-20-32(21-16-29)37-25-26-38(40-14-8-7-13-39(37)40)33-22-17-31(18-23-33)36-24-19-30-9-5-6-12-35(30)27-36/h2-27,42H,1H3/b42-41?,43-28+. The molecule has 204 valence electrons. The summed E-state index contributed by atoms with van der Waals surface area (Å²) in [5, 5.41) is 13.3. The van der Waals surface area contributed by atoms with E-state index < -0.39 is 0 Å². The second kappa shape index (κ2) is 11.3. The quantitative estimate of drug-likeness (QED) is 0.163. The molecule has 0 aromatic heterocycles. The first-order valence-electron chi connectivity index (χ1n) is 14.6. The highest BCUT2D eigenvalue weighted by Crippen LogP contribution is 2.36. The van der Waals surface area contributed by atoms with Crippen LogP contribution in [0.25, 0.3) is 54.9 Å². The minimum absolute atomic E-state index is 0.272. The third kappa shape index (κ3) is 5.27. The van der Waals surface area contributed by atoms with Crippen molar-refractivity contribution in [2.24, 2.45) is 4.99 Å². The summed E-state index contributed by atoms with van der Waals surface area (Å²) in [6.07, 6.45) is 0. The van der Waals surface area contributed by atoms with Crippen LogP contribution in [0, 0.1) is 5.41 Å². The molecule has 0 heterocycles. The monoisotopic (exact) mass is 550 g/mol. The first-order valence-corrected chi connectivity index (χ1v) is 14.6. The summed E-state index contributed by atoms with van der Waals surface area (Å²) >= 11 is 0. The van der Waals surface area contributed by atoms with Crippen LogP contribution in [0.3, 0.4) is 0 Å². The van der Waals surface area contributed by atoms with Crippen LogP contribution in [0.2, 0.25) is 0 Å². The zero-order valence-electron chi connectivity index (χ0n) is 24.0. The lowest BCUT2D eigenvalue weighted by molar-refractivity contribution is 1.40. The van der Waals surface area contributed by atoms with Crippen molar-refractivity contribution in [3.05, 3.63) is 169 Å². The lowest BCUT2D eigenvalue weighted by atomic mass is 9.91. The largest absolute Gasteiger partial charge is 0.282 e. The van der Waals surface area contributed by atoms with Gasteiger partial charge >= 0.3 is 0 Å². The number of hydrogen-bond acceptors (Lipinski definition) is 1. The van der Waals surface area contributed by atoms with E-state index in [2.05, 4.69) is 132 Å². The first-order chi connectivity index (χ1) is 21.1. The molecule has 7 aromatic carbocycles. The zero-order chi connectivity index (χ0) is 29.2. The molecule has 0 saturated heterocycles. The summed E-state index contributed by atoms with van der Waals surface area (Å²) < 4.78 is 0. The smallest absolute Gasteiger partial charge is 0.152 e. The van der Waals surface area contributed by atoms with Crippen LogP contribution in [0.15, 0.2) is 163 Å². The van der Waals surface area contributed by atoms with Crippen LogP contribution in [-0.4, -0.2) is 11.5 Å². The number of rotatable bonds is 5. The van der Waals surface area contributed by atoms with Crippen LogP contribution < -0.4 is 0 Å². The molecule has 0 spiro atoms. The highest BCUT2D eigenvalue weighted by atomic mass is 14.8. The number of hydrogen-bond donors (Lipinski definition) is 1. The Bertz CT molecular complexity index is 2120. The van der Waals surface area contributed by atoms with Gasteiger partial charge in [0.25, 0.3) is 0 Å². The number of fused-ring (bicyclic) bond motifs is 2. The Balaban J connectivity index is 1.18. The molecule has 0 bridgehead atoms. The molecule has 2 nitrogen and oxygen atoms in total. The van der Waals surface area contributed by atoms with Crippen LogP contribution >= 0.6 is 0 Å². The molecule has 0 aliphatic carbocycles. The fourth-order valence-electron chi connectivity index (χ4n) is 5.80. The van der Waals surface area contributed by atoms with Crippen molar-refractivity contribution < 1.29 is 0 Å². The highest BCUT2D eigenvalue weighted by molar-refractivity contribution is 6.11. The van der Waals surface area contributed by atoms with E-state index in [0.29, 0.717) is 0 Å². The Kier molecular flexibility index (Phi) is 6.94. The Morgan fingerprint density at radius 2 is 0.953 bits per heavy atom. The summed E-state index contributed by atoms with van der Waals surface area (Å²) in [6, 6.07) is 55.3.